The van der Waals surface area contributed by atoms with E-state index in [9.17, 15) is 39.6 Å². The molecule has 1 atom stereocenters. The van der Waals surface area contributed by atoms with Gasteiger partial charge in [-0.15, -0.1) is 0 Å². The minimum absolute atomic E-state index is 0. The molecule has 0 bridgehead atoms. The van der Waals surface area contributed by atoms with Crippen LogP contribution in [-0.4, -0.2) is 72.4 Å². The van der Waals surface area contributed by atoms with Crippen molar-refractivity contribution in [1.82, 2.24) is 16.0 Å². The SMILES string of the molecule is CC(CN(CC(=O)[O-])CC(=O)[O-])N(CC(=O)[O-])CC(=O)[O-].[Fe+3].[NH4+]. The number of aliphatic carboxylic acids is 4. The molecule has 1 unspecified atom stereocenters. The van der Waals surface area contributed by atoms with Crippen molar-refractivity contribution in [2.75, 3.05) is 32.7 Å². The molecule has 0 aromatic carbocycles. The van der Waals surface area contributed by atoms with Crippen LogP contribution in [0.3, 0.4) is 0 Å². The fourth-order valence-electron chi connectivity index (χ4n) is 1.74. The molecule has 0 aromatic heterocycles. The van der Waals surface area contributed by atoms with Gasteiger partial charge in [-0.1, -0.05) is 0 Å². The van der Waals surface area contributed by atoms with Crippen molar-refractivity contribution in [2.45, 2.75) is 13.0 Å². The minimum Gasteiger partial charge on any atom is -0.549 e. The normalized spacial score (nSPS) is 11.3. The topological polar surface area (TPSA) is 204 Å². The number of carbonyl (C=O) groups is 4. The molecule has 0 amide bonds. The predicted molar refractivity (Wildman–Crippen MR) is 63.5 cm³/mol. The van der Waals surface area contributed by atoms with Crippen LogP contribution in [0, 0.1) is 0 Å². The van der Waals surface area contributed by atoms with Crippen molar-refractivity contribution >= 4 is 23.9 Å². The van der Waals surface area contributed by atoms with Gasteiger partial charge >= 0.3 is 17.1 Å². The summed E-state index contributed by atoms with van der Waals surface area (Å²) in [6.45, 7) is -1.70. The quantitative estimate of drug-likeness (QED) is 0.337. The van der Waals surface area contributed by atoms with E-state index in [1.54, 1.807) is 0 Å². The summed E-state index contributed by atoms with van der Waals surface area (Å²) in [6.07, 6.45) is 0. The van der Waals surface area contributed by atoms with Gasteiger partial charge in [-0.3, -0.25) is 9.80 Å². The Morgan fingerprint density at radius 3 is 1.35 bits per heavy atom. The van der Waals surface area contributed by atoms with Gasteiger partial charge < -0.3 is 45.8 Å². The zero-order chi connectivity index (χ0) is 16.6. The molecule has 0 heterocycles. The fourth-order valence-corrected chi connectivity index (χ4v) is 1.74. The molecule has 0 fully saturated rings. The Labute approximate surface area is 142 Å². The summed E-state index contributed by atoms with van der Waals surface area (Å²) in [5.41, 5.74) is 0. The van der Waals surface area contributed by atoms with Crippen LogP contribution < -0.4 is 26.6 Å². The van der Waals surface area contributed by atoms with Gasteiger partial charge in [-0.25, -0.2) is 0 Å². The molecule has 1 radical (unpaired) electrons. The first-order chi connectivity index (χ1) is 9.61. The van der Waals surface area contributed by atoms with E-state index in [0.29, 0.717) is 0 Å². The molecule has 0 rings (SSSR count). The molecule has 0 saturated heterocycles. The third-order valence-corrected chi connectivity index (χ3v) is 2.52. The fraction of sp³-hybridized carbons (Fsp3) is 0.636. The summed E-state index contributed by atoms with van der Waals surface area (Å²) in [7, 11) is 0. The maximum absolute atomic E-state index is 10.5. The largest absolute Gasteiger partial charge is 3.00 e. The number of carboxylic acid groups (broad SMARTS) is 4. The molecular formula is C11H18FeN3O8. The molecule has 0 saturated carbocycles. The third kappa shape index (κ3) is 13.7. The van der Waals surface area contributed by atoms with Gasteiger partial charge in [-0.2, -0.15) is 0 Å². The van der Waals surface area contributed by atoms with Crippen molar-refractivity contribution in [3.8, 4) is 0 Å². The number of carbonyl (C=O) groups excluding carboxylic acids is 4. The van der Waals surface area contributed by atoms with Crippen LogP contribution in [0.4, 0.5) is 0 Å². The van der Waals surface area contributed by atoms with Crippen LogP contribution in [0.5, 0.6) is 0 Å². The molecule has 23 heavy (non-hydrogen) atoms. The van der Waals surface area contributed by atoms with Crippen molar-refractivity contribution in [2.24, 2.45) is 0 Å². The molecule has 12 heteroatoms. The van der Waals surface area contributed by atoms with E-state index >= 15 is 0 Å². The standard InChI is InChI=1S/C11H18N2O8.Fe.H3N/c1-7(13(5-10(18)19)6-11(20)21)2-12(3-8(14)15)4-9(16)17;;/h7H,2-6H2,1H3,(H,14,15)(H,16,17)(H,18,19)(H,20,21);;1H3/q;+3;/p-3. The number of carboxylic acids is 4. The third-order valence-electron chi connectivity index (χ3n) is 2.52. The maximum Gasteiger partial charge on any atom is 3.00 e. The van der Waals surface area contributed by atoms with Gasteiger partial charge in [0.2, 0.25) is 0 Å². The summed E-state index contributed by atoms with van der Waals surface area (Å²) >= 11 is 0. The Hall–Kier alpha value is -1.72. The second-order valence-electron chi connectivity index (χ2n) is 4.41. The Balaban J connectivity index is -0.00000200. The van der Waals surface area contributed by atoms with Gasteiger partial charge in [-0.05, 0) is 6.92 Å². The first kappa shape index (κ1) is 26.2. The summed E-state index contributed by atoms with van der Waals surface area (Å²) in [4.78, 5) is 44.0. The van der Waals surface area contributed by atoms with E-state index in [2.05, 4.69) is 0 Å². The van der Waals surface area contributed by atoms with Crippen LogP contribution in [0.25, 0.3) is 0 Å². The second-order valence-corrected chi connectivity index (χ2v) is 4.41. The Morgan fingerprint density at radius 1 is 0.783 bits per heavy atom. The predicted octanol–water partition coefficient (Wildman–Crippen LogP) is -6.65. The van der Waals surface area contributed by atoms with Gasteiger partial charge in [0.25, 0.3) is 0 Å². The van der Waals surface area contributed by atoms with Crippen molar-refractivity contribution in [3.63, 3.8) is 0 Å². The number of quaternary nitrogens is 1. The molecule has 0 aliphatic heterocycles. The smallest absolute Gasteiger partial charge is 0.549 e. The number of hydrogen-bond donors (Lipinski definition) is 1. The van der Waals surface area contributed by atoms with Crippen molar-refractivity contribution < 1.29 is 56.7 Å². The Morgan fingerprint density at radius 2 is 1.09 bits per heavy atom. The summed E-state index contributed by atoms with van der Waals surface area (Å²) in [6, 6.07) is -0.778. The summed E-state index contributed by atoms with van der Waals surface area (Å²) in [5.74, 6) is -6.13. The van der Waals surface area contributed by atoms with Gasteiger partial charge in [0, 0.05) is 38.8 Å². The van der Waals surface area contributed by atoms with Crippen molar-refractivity contribution in [1.29, 1.82) is 0 Å². The molecular weight excluding hydrogens is 358 g/mol. The second kappa shape index (κ2) is 12.8. The van der Waals surface area contributed by atoms with Crippen LogP contribution in [0.1, 0.15) is 6.92 Å². The number of hydrogen-bond acceptors (Lipinski definition) is 10. The zero-order valence-corrected chi connectivity index (χ0v) is 13.7. The van der Waals surface area contributed by atoms with E-state index in [1.165, 1.54) is 6.92 Å². The summed E-state index contributed by atoms with van der Waals surface area (Å²) in [5, 5.41) is 42.1. The van der Waals surface area contributed by atoms with E-state index in [4.69, 9.17) is 0 Å². The van der Waals surface area contributed by atoms with Crippen LogP contribution in [0.2, 0.25) is 0 Å². The minimum atomic E-state index is -1.53. The zero-order valence-electron chi connectivity index (χ0n) is 12.6. The molecule has 4 N–H and O–H groups in total. The first-order valence-corrected chi connectivity index (χ1v) is 5.87. The van der Waals surface area contributed by atoms with Crippen LogP contribution >= 0.6 is 0 Å². The van der Waals surface area contributed by atoms with E-state index in [-0.39, 0.29) is 29.8 Å². The molecule has 0 spiro atoms. The molecule has 133 valence electrons. The van der Waals surface area contributed by atoms with Gasteiger partial charge in [0.1, 0.15) is 0 Å². The molecule has 0 aromatic rings. The van der Waals surface area contributed by atoms with E-state index in [1.807, 2.05) is 0 Å². The number of nitrogens with zero attached hydrogens (tertiary/aromatic N) is 2. The maximum atomic E-state index is 10.5. The van der Waals surface area contributed by atoms with Crippen LogP contribution in [0.15, 0.2) is 0 Å². The summed E-state index contributed by atoms with van der Waals surface area (Å²) < 4.78 is 0. The molecule has 0 aliphatic carbocycles. The van der Waals surface area contributed by atoms with E-state index in [0.717, 1.165) is 9.80 Å². The molecule has 0 aliphatic rings. The van der Waals surface area contributed by atoms with Crippen LogP contribution in [-0.2, 0) is 36.2 Å². The number of rotatable bonds is 11. The monoisotopic (exact) mass is 376 g/mol. The average molecular weight is 376 g/mol. The van der Waals surface area contributed by atoms with Gasteiger partial charge in [0.05, 0.1) is 23.9 Å². The van der Waals surface area contributed by atoms with E-state index < -0.39 is 56.1 Å². The van der Waals surface area contributed by atoms with Crippen molar-refractivity contribution in [3.05, 3.63) is 0 Å². The molecule has 11 nitrogen and oxygen atoms in total. The average Bonchev–Trinajstić information content (AvgIpc) is 2.24. The Bertz CT molecular complexity index is 388. The Kier molecular flexibility index (Phi) is 14.6. The van der Waals surface area contributed by atoms with Gasteiger partial charge in [0.15, 0.2) is 0 Å². The first-order valence-electron chi connectivity index (χ1n) is 5.87.